The molecule has 6 nitrogen and oxygen atoms in total. The second-order valence-corrected chi connectivity index (χ2v) is 6.06. The molecule has 0 spiro atoms. The molecule has 2 rings (SSSR count). The van der Waals surface area contributed by atoms with Crippen molar-refractivity contribution in [3.8, 4) is 0 Å². The van der Waals surface area contributed by atoms with Gasteiger partial charge in [0.25, 0.3) is 5.91 Å². The molecule has 100 valence electrons. The number of nitrogens with two attached hydrogens (primary N) is 1. The predicted octanol–water partition coefficient (Wildman–Crippen LogP) is 0.677. The zero-order valence-electron chi connectivity index (χ0n) is 10.2. The number of carbonyl (C=O) groups is 1. The van der Waals surface area contributed by atoms with Gasteiger partial charge in [-0.15, -0.1) is 0 Å². The fraction of sp³-hybridized carbons (Fsp3) is 0.545. The van der Waals surface area contributed by atoms with Crippen LogP contribution in [0.25, 0.3) is 0 Å². The molecule has 1 unspecified atom stereocenters. The Kier molecular flexibility index (Phi) is 3.45. The lowest BCUT2D eigenvalue weighted by atomic mass is 10.1. The van der Waals surface area contributed by atoms with E-state index in [0.717, 1.165) is 25.8 Å². The molecule has 7 heteroatoms. The van der Waals surface area contributed by atoms with Crippen LogP contribution in [0.2, 0.25) is 0 Å². The third-order valence-electron chi connectivity index (χ3n) is 3.32. The third kappa shape index (κ3) is 2.41. The van der Waals surface area contributed by atoms with Crippen molar-refractivity contribution in [2.24, 2.45) is 5.14 Å². The first-order chi connectivity index (χ1) is 8.43. The Hall–Kier alpha value is -1.34. The smallest absolute Gasteiger partial charge is 0.270 e. The molecular weight excluding hydrogens is 254 g/mol. The summed E-state index contributed by atoms with van der Waals surface area (Å²) in [5.41, 5.74) is 0.277. The molecule has 1 atom stereocenters. The van der Waals surface area contributed by atoms with Crippen LogP contribution in [-0.2, 0) is 10.0 Å². The maximum Gasteiger partial charge on any atom is 0.270 e. The topological polar surface area (TPSA) is 96.3 Å². The molecule has 2 heterocycles. The van der Waals surface area contributed by atoms with Gasteiger partial charge in [0.15, 0.2) is 0 Å². The highest BCUT2D eigenvalue weighted by Gasteiger charge is 2.29. The molecule has 1 aliphatic heterocycles. The number of H-pyrrole nitrogens is 1. The van der Waals surface area contributed by atoms with Crippen LogP contribution in [0.4, 0.5) is 0 Å². The predicted molar refractivity (Wildman–Crippen MR) is 66.5 cm³/mol. The summed E-state index contributed by atoms with van der Waals surface area (Å²) in [7, 11) is -3.76. The van der Waals surface area contributed by atoms with Gasteiger partial charge in [-0.25, -0.2) is 13.6 Å². The van der Waals surface area contributed by atoms with Gasteiger partial charge in [0, 0.05) is 18.8 Å². The van der Waals surface area contributed by atoms with Crippen LogP contribution in [0.15, 0.2) is 17.2 Å². The number of primary sulfonamides is 1. The van der Waals surface area contributed by atoms with Crippen molar-refractivity contribution < 1.29 is 13.2 Å². The molecule has 0 aromatic carbocycles. The molecule has 18 heavy (non-hydrogen) atoms. The third-order valence-corrected chi connectivity index (χ3v) is 4.22. The number of nitrogens with zero attached hydrogens (tertiary/aromatic N) is 1. The number of hydrogen-bond donors (Lipinski definition) is 2. The number of likely N-dealkylation sites (tertiary alicyclic amines) is 1. The molecule has 1 aromatic rings. The minimum absolute atomic E-state index is 0.0573. The lowest BCUT2D eigenvalue weighted by Crippen LogP contribution is -2.35. The maximum absolute atomic E-state index is 12.2. The SMILES string of the molecule is CCC1CCCN1C(=O)c1cc(S(N)(=O)=O)c[nH]1. The Morgan fingerprint density at radius 3 is 2.89 bits per heavy atom. The van der Waals surface area contributed by atoms with E-state index >= 15 is 0 Å². The Labute approximate surface area is 106 Å². The molecule has 0 saturated carbocycles. The van der Waals surface area contributed by atoms with E-state index in [2.05, 4.69) is 4.98 Å². The van der Waals surface area contributed by atoms with Crippen LogP contribution in [0.1, 0.15) is 36.7 Å². The van der Waals surface area contributed by atoms with Crippen molar-refractivity contribution >= 4 is 15.9 Å². The monoisotopic (exact) mass is 271 g/mol. The highest BCUT2D eigenvalue weighted by Crippen LogP contribution is 2.22. The Balaban J connectivity index is 2.22. The van der Waals surface area contributed by atoms with E-state index in [1.807, 2.05) is 6.92 Å². The van der Waals surface area contributed by atoms with Gasteiger partial charge in [0.05, 0.1) is 4.90 Å². The summed E-state index contributed by atoms with van der Waals surface area (Å²) in [5.74, 6) is -0.158. The van der Waals surface area contributed by atoms with E-state index in [1.54, 1.807) is 4.90 Å². The summed E-state index contributed by atoms with van der Waals surface area (Å²) in [6.07, 6.45) is 4.16. The first kappa shape index (κ1) is 13.1. The van der Waals surface area contributed by atoms with E-state index < -0.39 is 10.0 Å². The van der Waals surface area contributed by atoms with Gasteiger partial charge >= 0.3 is 0 Å². The number of amides is 1. The lowest BCUT2D eigenvalue weighted by Gasteiger charge is -2.22. The zero-order chi connectivity index (χ0) is 13.3. The van der Waals surface area contributed by atoms with Crippen molar-refractivity contribution in [2.45, 2.75) is 37.1 Å². The number of aromatic amines is 1. The zero-order valence-corrected chi connectivity index (χ0v) is 11.0. The largest absolute Gasteiger partial charge is 0.356 e. The first-order valence-electron chi connectivity index (χ1n) is 5.95. The fourth-order valence-electron chi connectivity index (χ4n) is 2.34. The van der Waals surface area contributed by atoms with E-state index in [4.69, 9.17) is 5.14 Å². The minimum Gasteiger partial charge on any atom is -0.356 e. The molecular formula is C11H17N3O3S. The molecule has 0 bridgehead atoms. The van der Waals surface area contributed by atoms with E-state index in [0.29, 0.717) is 0 Å². The second-order valence-electron chi connectivity index (χ2n) is 4.50. The van der Waals surface area contributed by atoms with Crippen LogP contribution in [0.5, 0.6) is 0 Å². The molecule has 1 aromatic heterocycles. The van der Waals surface area contributed by atoms with Gasteiger partial charge in [0.1, 0.15) is 5.69 Å². The number of aromatic nitrogens is 1. The summed E-state index contributed by atoms with van der Waals surface area (Å²) in [6.45, 7) is 2.77. The molecule has 0 radical (unpaired) electrons. The van der Waals surface area contributed by atoms with Gasteiger partial charge in [-0.3, -0.25) is 4.79 Å². The van der Waals surface area contributed by atoms with Crippen LogP contribution in [-0.4, -0.2) is 36.8 Å². The quantitative estimate of drug-likeness (QED) is 0.846. The van der Waals surface area contributed by atoms with Crippen molar-refractivity contribution in [1.29, 1.82) is 0 Å². The molecule has 1 aliphatic rings. The lowest BCUT2D eigenvalue weighted by molar-refractivity contribution is 0.0728. The standard InChI is InChI=1S/C11H17N3O3S/c1-2-8-4-3-5-14(8)11(15)10-6-9(7-13-10)18(12,16)17/h6-8,13H,2-5H2,1H3,(H2,12,16,17). The van der Waals surface area contributed by atoms with Gasteiger partial charge in [0.2, 0.25) is 10.0 Å². The summed E-state index contributed by atoms with van der Waals surface area (Å²) in [5, 5.41) is 5.00. The number of rotatable bonds is 3. The van der Waals surface area contributed by atoms with Crippen LogP contribution in [0.3, 0.4) is 0 Å². The number of carbonyl (C=O) groups excluding carboxylic acids is 1. The summed E-state index contributed by atoms with van der Waals surface area (Å²) in [6, 6.07) is 1.54. The maximum atomic E-state index is 12.2. The molecule has 1 amide bonds. The minimum atomic E-state index is -3.76. The van der Waals surface area contributed by atoms with Gasteiger partial charge in [-0.2, -0.15) is 0 Å². The van der Waals surface area contributed by atoms with Gasteiger partial charge in [-0.1, -0.05) is 6.92 Å². The van der Waals surface area contributed by atoms with E-state index in [9.17, 15) is 13.2 Å². The van der Waals surface area contributed by atoms with Crippen molar-refractivity contribution in [3.63, 3.8) is 0 Å². The summed E-state index contributed by atoms with van der Waals surface area (Å²) in [4.78, 5) is 16.6. The Bertz CT molecular complexity index is 550. The first-order valence-corrected chi connectivity index (χ1v) is 7.50. The molecule has 3 N–H and O–H groups in total. The highest BCUT2D eigenvalue weighted by molar-refractivity contribution is 7.89. The van der Waals surface area contributed by atoms with Crippen molar-refractivity contribution in [2.75, 3.05) is 6.54 Å². The van der Waals surface area contributed by atoms with E-state index in [-0.39, 0.29) is 22.5 Å². The number of hydrogen-bond acceptors (Lipinski definition) is 3. The summed E-state index contributed by atoms with van der Waals surface area (Å²) < 4.78 is 22.3. The normalized spacial score (nSPS) is 20.3. The Morgan fingerprint density at radius 2 is 2.33 bits per heavy atom. The van der Waals surface area contributed by atoms with Crippen LogP contribution in [0, 0.1) is 0 Å². The van der Waals surface area contributed by atoms with Crippen molar-refractivity contribution in [1.82, 2.24) is 9.88 Å². The van der Waals surface area contributed by atoms with Crippen molar-refractivity contribution in [3.05, 3.63) is 18.0 Å². The second kappa shape index (κ2) is 4.74. The molecule has 0 aliphatic carbocycles. The molecule has 1 saturated heterocycles. The average molecular weight is 271 g/mol. The average Bonchev–Trinajstić information content (AvgIpc) is 2.96. The van der Waals surface area contributed by atoms with Gasteiger partial charge in [-0.05, 0) is 25.3 Å². The van der Waals surface area contributed by atoms with Crippen LogP contribution >= 0.6 is 0 Å². The summed E-state index contributed by atoms with van der Waals surface area (Å²) >= 11 is 0. The fourth-order valence-corrected chi connectivity index (χ4v) is 2.85. The highest BCUT2D eigenvalue weighted by atomic mass is 32.2. The number of sulfonamides is 1. The van der Waals surface area contributed by atoms with E-state index in [1.165, 1.54) is 12.3 Å². The Morgan fingerprint density at radius 1 is 1.61 bits per heavy atom. The van der Waals surface area contributed by atoms with Gasteiger partial charge < -0.3 is 9.88 Å². The molecule has 1 fully saturated rings. The van der Waals surface area contributed by atoms with Crippen LogP contribution < -0.4 is 5.14 Å². The number of nitrogens with one attached hydrogen (secondary N) is 1.